The number of hydrogen-bond donors (Lipinski definition) is 1. The van der Waals surface area contributed by atoms with Crippen LogP contribution in [0.3, 0.4) is 0 Å². The Morgan fingerprint density at radius 2 is 1.95 bits per heavy atom. The first-order valence-electron chi connectivity index (χ1n) is 6.22. The van der Waals surface area contributed by atoms with E-state index in [4.69, 9.17) is 0 Å². The molecule has 0 saturated heterocycles. The molecular weight excluding hydrogens is 252 g/mol. The molecule has 0 radical (unpaired) electrons. The highest BCUT2D eigenvalue weighted by Gasteiger charge is 2.20. The highest BCUT2D eigenvalue weighted by molar-refractivity contribution is 5.79. The average molecular weight is 271 g/mol. The van der Waals surface area contributed by atoms with E-state index in [9.17, 15) is 18.7 Å². The van der Waals surface area contributed by atoms with Gasteiger partial charge in [0.1, 0.15) is 11.6 Å². The van der Waals surface area contributed by atoms with Crippen LogP contribution in [0.25, 0.3) is 0 Å². The number of carbonyl (C=O) groups is 1. The van der Waals surface area contributed by atoms with Crippen molar-refractivity contribution in [1.82, 2.24) is 4.90 Å². The molecule has 1 amide bonds. The lowest BCUT2D eigenvalue weighted by molar-refractivity contribution is -0.133. The van der Waals surface area contributed by atoms with E-state index in [0.29, 0.717) is 0 Å². The predicted molar refractivity (Wildman–Crippen MR) is 68.6 cm³/mol. The van der Waals surface area contributed by atoms with E-state index in [2.05, 4.69) is 0 Å². The normalized spacial score (nSPS) is 12.6. The van der Waals surface area contributed by atoms with E-state index in [-0.39, 0.29) is 30.5 Å². The number of benzene rings is 1. The van der Waals surface area contributed by atoms with Gasteiger partial charge in [-0.15, -0.1) is 0 Å². The number of aliphatic hydroxyl groups excluding tert-OH is 1. The molecule has 0 heterocycles. The SMILES string of the molecule is CC(O)CN(C(=O)Cc1ccc(F)cc1F)C(C)C. The molecule has 0 fully saturated rings. The Bertz CT molecular complexity index is 447. The van der Waals surface area contributed by atoms with Crippen molar-refractivity contribution in [3.8, 4) is 0 Å². The quantitative estimate of drug-likeness (QED) is 0.891. The summed E-state index contributed by atoms with van der Waals surface area (Å²) in [4.78, 5) is 13.6. The van der Waals surface area contributed by atoms with Crippen LogP contribution in [-0.4, -0.2) is 34.6 Å². The topological polar surface area (TPSA) is 40.5 Å². The van der Waals surface area contributed by atoms with Crippen LogP contribution < -0.4 is 0 Å². The second-order valence-corrected chi connectivity index (χ2v) is 4.90. The van der Waals surface area contributed by atoms with E-state index < -0.39 is 17.7 Å². The minimum atomic E-state index is -0.728. The van der Waals surface area contributed by atoms with Gasteiger partial charge < -0.3 is 10.0 Å². The lowest BCUT2D eigenvalue weighted by Crippen LogP contribution is -2.42. The van der Waals surface area contributed by atoms with Gasteiger partial charge in [-0.3, -0.25) is 4.79 Å². The maximum Gasteiger partial charge on any atom is 0.227 e. The van der Waals surface area contributed by atoms with Gasteiger partial charge in [-0.25, -0.2) is 8.78 Å². The van der Waals surface area contributed by atoms with E-state index >= 15 is 0 Å². The van der Waals surface area contributed by atoms with Crippen LogP contribution >= 0.6 is 0 Å². The fourth-order valence-corrected chi connectivity index (χ4v) is 1.81. The van der Waals surface area contributed by atoms with Crippen molar-refractivity contribution in [2.45, 2.75) is 39.3 Å². The number of halogens is 2. The van der Waals surface area contributed by atoms with E-state index in [0.717, 1.165) is 12.1 Å². The summed E-state index contributed by atoms with van der Waals surface area (Å²) >= 11 is 0. The Morgan fingerprint density at radius 3 is 2.42 bits per heavy atom. The molecule has 0 aliphatic rings. The van der Waals surface area contributed by atoms with Crippen LogP contribution in [0.2, 0.25) is 0 Å². The fourth-order valence-electron chi connectivity index (χ4n) is 1.81. The summed E-state index contributed by atoms with van der Waals surface area (Å²) in [5, 5.41) is 9.36. The molecule has 1 N–H and O–H groups in total. The number of carbonyl (C=O) groups excluding carboxylic acids is 1. The molecule has 0 spiro atoms. The lowest BCUT2D eigenvalue weighted by Gasteiger charge is -2.28. The Morgan fingerprint density at radius 1 is 1.32 bits per heavy atom. The van der Waals surface area contributed by atoms with Crippen molar-refractivity contribution < 1.29 is 18.7 Å². The van der Waals surface area contributed by atoms with Crippen molar-refractivity contribution >= 4 is 5.91 Å². The molecule has 1 aromatic rings. The predicted octanol–water partition coefficient (Wildman–Crippen LogP) is 2.13. The maximum atomic E-state index is 13.5. The summed E-state index contributed by atoms with van der Waals surface area (Å²) in [6, 6.07) is 3.06. The van der Waals surface area contributed by atoms with Crippen molar-refractivity contribution in [1.29, 1.82) is 0 Å². The number of nitrogens with zero attached hydrogens (tertiary/aromatic N) is 1. The first-order chi connectivity index (χ1) is 8.81. The Hall–Kier alpha value is -1.49. The summed E-state index contributed by atoms with van der Waals surface area (Å²) in [5.41, 5.74) is 0.155. The highest BCUT2D eigenvalue weighted by atomic mass is 19.1. The molecule has 1 aromatic carbocycles. The molecule has 1 rings (SSSR count). The van der Waals surface area contributed by atoms with Gasteiger partial charge in [-0.05, 0) is 32.4 Å². The van der Waals surface area contributed by atoms with Gasteiger partial charge in [0.05, 0.1) is 12.5 Å². The fraction of sp³-hybridized carbons (Fsp3) is 0.500. The lowest BCUT2D eigenvalue weighted by atomic mass is 10.1. The minimum Gasteiger partial charge on any atom is -0.392 e. The van der Waals surface area contributed by atoms with Crippen molar-refractivity contribution in [2.24, 2.45) is 0 Å². The van der Waals surface area contributed by atoms with Crippen LogP contribution in [0.1, 0.15) is 26.3 Å². The van der Waals surface area contributed by atoms with Gasteiger partial charge in [0, 0.05) is 18.7 Å². The van der Waals surface area contributed by atoms with Gasteiger partial charge in [0.25, 0.3) is 0 Å². The number of amides is 1. The van der Waals surface area contributed by atoms with E-state index in [1.807, 2.05) is 13.8 Å². The van der Waals surface area contributed by atoms with Crippen molar-refractivity contribution in [2.75, 3.05) is 6.54 Å². The van der Waals surface area contributed by atoms with Gasteiger partial charge in [-0.2, -0.15) is 0 Å². The third kappa shape index (κ3) is 4.59. The third-order valence-corrected chi connectivity index (χ3v) is 2.76. The molecule has 0 aliphatic heterocycles. The van der Waals surface area contributed by atoms with Crippen molar-refractivity contribution in [3.63, 3.8) is 0 Å². The zero-order chi connectivity index (χ0) is 14.6. The summed E-state index contributed by atoms with van der Waals surface area (Å²) in [7, 11) is 0. The summed E-state index contributed by atoms with van der Waals surface area (Å²) < 4.78 is 26.3. The number of aliphatic hydroxyl groups is 1. The summed E-state index contributed by atoms with van der Waals surface area (Å²) in [6.07, 6.45) is -0.791. The van der Waals surface area contributed by atoms with Gasteiger partial charge in [-0.1, -0.05) is 6.07 Å². The van der Waals surface area contributed by atoms with Crippen LogP contribution in [0.4, 0.5) is 8.78 Å². The molecule has 3 nitrogen and oxygen atoms in total. The summed E-state index contributed by atoms with van der Waals surface area (Å²) in [6.45, 7) is 5.42. The molecule has 19 heavy (non-hydrogen) atoms. The maximum absolute atomic E-state index is 13.5. The first-order valence-corrected chi connectivity index (χ1v) is 6.22. The minimum absolute atomic E-state index is 0.0920. The third-order valence-electron chi connectivity index (χ3n) is 2.76. The van der Waals surface area contributed by atoms with Crippen LogP contribution in [0.15, 0.2) is 18.2 Å². The largest absolute Gasteiger partial charge is 0.392 e. The number of hydrogen-bond acceptors (Lipinski definition) is 2. The molecule has 1 atom stereocenters. The monoisotopic (exact) mass is 271 g/mol. The number of rotatable bonds is 5. The Balaban J connectivity index is 2.81. The van der Waals surface area contributed by atoms with Crippen molar-refractivity contribution in [3.05, 3.63) is 35.4 Å². The molecule has 106 valence electrons. The van der Waals surface area contributed by atoms with E-state index in [1.165, 1.54) is 11.0 Å². The second kappa shape index (κ2) is 6.61. The zero-order valence-corrected chi connectivity index (χ0v) is 11.4. The van der Waals surface area contributed by atoms with E-state index in [1.54, 1.807) is 6.92 Å². The van der Waals surface area contributed by atoms with Crippen LogP contribution in [0.5, 0.6) is 0 Å². The molecular formula is C14H19F2NO2. The molecule has 0 aromatic heterocycles. The van der Waals surface area contributed by atoms with Crippen LogP contribution in [-0.2, 0) is 11.2 Å². The first kappa shape index (κ1) is 15.6. The average Bonchev–Trinajstić information content (AvgIpc) is 2.29. The standard InChI is InChI=1S/C14H19F2NO2/c1-9(2)17(8-10(3)18)14(19)6-11-4-5-12(15)7-13(11)16/h4-5,7,9-10,18H,6,8H2,1-3H3. The molecule has 0 aliphatic carbocycles. The van der Waals surface area contributed by atoms with Gasteiger partial charge in [0.15, 0.2) is 0 Å². The van der Waals surface area contributed by atoms with Gasteiger partial charge >= 0.3 is 0 Å². The molecule has 1 unspecified atom stereocenters. The molecule has 0 saturated carbocycles. The Kier molecular flexibility index (Phi) is 5.42. The molecule has 5 heteroatoms. The highest BCUT2D eigenvalue weighted by Crippen LogP contribution is 2.12. The smallest absolute Gasteiger partial charge is 0.227 e. The summed E-state index contributed by atoms with van der Waals surface area (Å²) in [5.74, 6) is -1.69. The molecule has 0 bridgehead atoms. The van der Waals surface area contributed by atoms with Gasteiger partial charge in [0.2, 0.25) is 5.91 Å². The second-order valence-electron chi connectivity index (χ2n) is 4.90. The zero-order valence-electron chi connectivity index (χ0n) is 11.4. The Labute approximate surface area is 111 Å². The van der Waals surface area contributed by atoms with Crippen LogP contribution in [0, 0.1) is 11.6 Å².